The molecule has 0 amide bonds. The van der Waals surface area contributed by atoms with Crippen LogP contribution in [0.4, 0.5) is 0 Å². The summed E-state index contributed by atoms with van der Waals surface area (Å²) in [4.78, 5) is 45.0. The Bertz CT molecular complexity index is 289. The first-order chi connectivity index (χ1) is 12.1. The molecule has 14 heteroatoms. The number of hydrogen-bond donors (Lipinski definition) is 8. The van der Waals surface area contributed by atoms with Crippen LogP contribution in [-0.4, -0.2) is 107 Å². The predicted molar refractivity (Wildman–Crippen MR) is 103 cm³/mol. The first kappa shape index (κ1) is 45.1. The molecule has 3 radical (unpaired) electrons. The van der Waals surface area contributed by atoms with Crippen LogP contribution in [-0.2, 0) is 24.0 Å². The molecule has 0 aromatic carbocycles. The quantitative estimate of drug-likeness (QED) is 0.199. The van der Waals surface area contributed by atoms with Gasteiger partial charge in [0.1, 0.15) is 0 Å². The average molecular weight is 518 g/mol. The van der Waals surface area contributed by atoms with Gasteiger partial charge >= 0.3 is 0 Å². The fourth-order valence-electron chi connectivity index (χ4n) is 0.329. The molecule has 0 saturated heterocycles. The number of carbonyl (C=O) groups is 5. The molecular weight excluding hydrogens is 485 g/mol. The van der Waals surface area contributed by atoms with E-state index in [0.717, 1.165) is 47.7 Å². The molecule has 0 heterocycles. The van der Waals surface area contributed by atoms with Crippen molar-refractivity contribution in [3.05, 3.63) is 0 Å². The molecule has 0 rings (SSSR count). The second-order valence-electron chi connectivity index (χ2n) is 3.92. The molecule has 28 heavy (non-hydrogen) atoms. The van der Waals surface area contributed by atoms with E-state index < -0.39 is 29.8 Å². The van der Waals surface area contributed by atoms with E-state index in [2.05, 4.69) is 5.32 Å². The molecule has 0 bridgehead atoms. The van der Waals surface area contributed by atoms with Gasteiger partial charge in [-0.25, -0.2) is 0 Å². The molecule has 0 atom stereocenters. The Labute approximate surface area is 182 Å². The molecule has 0 unspecified atom stereocenters. The molecule has 0 aliphatic heterocycles. The second kappa shape index (κ2) is 44.5. The van der Waals surface area contributed by atoms with Crippen molar-refractivity contribution in [2.75, 3.05) is 26.2 Å². The van der Waals surface area contributed by atoms with E-state index in [1.165, 1.54) is 0 Å². The minimum Gasteiger partial charge on any atom is -0.481 e. The summed E-state index contributed by atoms with van der Waals surface area (Å²) in [5, 5.41) is 40.1. The predicted octanol–water partition coefficient (Wildman–Crippen LogP) is -1.43. The van der Waals surface area contributed by atoms with Crippen molar-refractivity contribution in [1.82, 2.24) is 5.32 Å². The Balaban J connectivity index is -0.0000000382. The van der Waals surface area contributed by atoms with Crippen molar-refractivity contribution < 1.29 is 49.5 Å². The van der Waals surface area contributed by atoms with Crippen molar-refractivity contribution in [3.8, 4) is 0 Å². The zero-order valence-corrected chi connectivity index (χ0v) is 20.1. The minimum absolute atomic E-state index is 0. The van der Waals surface area contributed by atoms with Gasteiger partial charge < -0.3 is 42.3 Å². The average Bonchev–Trinajstić information content (AvgIpc) is 2.35. The zero-order chi connectivity index (χ0) is 23.4. The molecule has 167 valence electrons. The van der Waals surface area contributed by atoms with Gasteiger partial charge in [0.15, 0.2) is 0 Å². The van der Waals surface area contributed by atoms with Crippen LogP contribution >= 0.6 is 0 Å². The third-order valence-electron chi connectivity index (χ3n) is 0.642. The van der Waals surface area contributed by atoms with Crippen LogP contribution in [0.3, 0.4) is 0 Å². The van der Waals surface area contributed by atoms with Crippen LogP contribution in [0, 0.1) is 0 Å². The topological polar surface area (TPSA) is 251 Å². The fraction of sp³-hybridized carbons (Fsp3) is 0.643. The van der Waals surface area contributed by atoms with Gasteiger partial charge in [-0.2, -0.15) is 0 Å². The van der Waals surface area contributed by atoms with Gasteiger partial charge in [0.25, 0.3) is 29.8 Å². The summed E-state index contributed by atoms with van der Waals surface area (Å²) in [6.07, 6.45) is 0. The van der Waals surface area contributed by atoms with Gasteiger partial charge in [0.2, 0.25) is 0 Å². The molecule has 0 aliphatic carbocycles. The maximum absolute atomic E-state index is 9.00. The number of rotatable bonds is 4. The maximum Gasteiger partial charge on any atom is 0.300 e. The summed E-state index contributed by atoms with van der Waals surface area (Å²) >= 11 is 0. The summed E-state index contributed by atoms with van der Waals surface area (Å²) in [7, 11) is 0. The van der Waals surface area contributed by atoms with E-state index in [1.807, 2.05) is 0 Å². The second-order valence-corrected chi connectivity index (χ2v) is 3.92. The largest absolute Gasteiger partial charge is 0.481 e. The molecule has 0 spiro atoms. The van der Waals surface area contributed by atoms with Crippen molar-refractivity contribution >= 4 is 55.7 Å². The van der Waals surface area contributed by atoms with Gasteiger partial charge in [-0.15, -0.1) is 0 Å². The molecule has 0 aliphatic rings. The smallest absolute Gasteiger partial charge is 0.300 e. The summed E-state index contributed by atoms with van der Waals surface area (Å²) in [5.74, 6) is -4.17. The third kappa shape index (κ3) is 2920. The molecule has 0 aromatic rings. The van der Waals surface area contributed by atoms with Gasteiger partial charge in [-0.05, 0) is 0 Å². The standard InChI is InChI=1S/C4H13N3.5C2H4O2.In/c5-1-3-7-4-2-6;5*1-2(3)4;/h7H,1-6H2;5*1H3,(H,3,4);. The van der Waals surface area contributed by atoms with Crippen LogP contribution in [0.2, 0.25) is 0 Å². The molecule has 0 fully saturated rings. The maximum atomic E-state index is 9.00. The molecule has 10 N–H and O–H groups in total. The van der Waals surface area contributed by atoms with Gasteiger partial charge in [-0.3, -0.25) is 24.0 Å². The minimum atomic E-state index is -0.833. The van der Waals surface area contributed by atoms with E-state index in [0.29, 0.717) is 13.1 Å². The molecule has 13 nitrogen and oxygen atoms in total. The van der Waals surface area contributed by atoms with Gasteiger partial charge in [0, 0.05) is 86.6 Å². The molecular formula is C14H33InN3O10. The Morgan fingerprint density at radius 1 is 0.571 bits per heavy atom. The number of nitrogens with two attached hydrogens (primary N) is 2. The van der Waals surface area contributed by atoms with Crippen LogP contribution in [0.5, 0.6) is 0 Å². The molecule has 0 saturated carbocycles. The van der Waals surface area contributed by atoms with Crippen LogP contribution in [0.1, 0.15) is 34.6 Å². The van der Waals surface area contributed by atoms with E-state index in [4.69, 9.17) is 61.0 Å². The summed E-state index contributed by atoms with van der Waals surface area (Å²) in [6.45, 7) is 8.55. The van der Waals surface area contributed by atoms with Crippen LogP contribution in [0.25, 0.3) is 0 Å². The Morgan fingerprint density at radius 2 is 0.679 bits per heavy atom. The SMILES string of the molecule is CC(=O)O.CC(=O)O.CC(=O)O.CC(=O)O.CC(=O)O.NCCNCCN.[In]. The summed E-state index contributed by atoms with van der Waals surface area (Å²) in [5.41, 5.74) is 10.3. The number of nitrogens with one attached hydrogen (secondary N) is 1. The van der Waals surface area contributed by atoms with Crippen molar-refractivity contribution in [2.45, 2.75) is 34.6 Å². The summed E-state index contributed by atoms with van der Waals surface area (Å²) < 4.78 is 0. The third-order valence-corrected chi connectivity index (χ3v) is 0.642. The van der Waals surface area contributed by atoms with E-state index >= 15 is 0 Å². The number of carboxylic acid groups (broad SMARTS) is 5. The van der Waals surface area contributed by atoms with Crippen molar-refractivity contribution in [2.24, 2.45) is 11.5 Å². The Hall–Kier alpha value is -1.90. The monoisotopic (exact) mass is 518 g/mol. The Kier molecular flexibility index (Phi) is 71.6. The first-order valence-electron chi connectivity index (χ1n) is 7.16. The van der Waals surface area contributed by atoms with E-state index in [1.54, 1.807) is 0 Å². The fourth-order valence-corrected chi connectivity index (χ4v) is 0.329. The van der Waals surface area contributed by atoms with Crippen molar-refractivity contribution in [1.29, 1.82) is 0 Å². The van der Waals surface area contributed by atoms with Gasteiger partial charge in [0.05, 0.1) is 0 Å². The number of aliphatic carboxylic acids is 5. The van der Waals surface area contributed by atoms with Crippen LogP contribution in [0.15, 0.2) is 0 Å². The first-order valence-corrected chi connectivity index (χ1v) is 7.16. The van der Waals surface area contributed by atoms with E-state index in [-0.39, 0.29) is 25.8 Å². The van der Waals surface area contributed by atoms with Gasteiger partial charge in [-0.1, -0.05) is 0 Å². The van der Waals surface area contributed by atoms with Crippen molar-refractivity contribution in [3.63, 3.8) is 0 Å². The molecule has 0 aromatic heterocycles. The Morgan fingerprint density at radius 3 is 0.750 bits per heavy atom. The zero-order valence-electron chi connectivity index (χ0n) is 16.8. The van der Waals surface area contributed by atoms with E-state index in [9.17, 15) is 0 Å². The number of carboxylic acids is 5. The number of hydrogen-bond acceptors (Lipinski definition) is 8. The normalized spacial score (nSPS) is 6.82. The van der Waals surface area contributed by atoms with Crippen LogP contribution < -0.4 is 16.8 Å². The summed E-state index contributed by atoms with van der Waals surface area (Å²) in [6, 6.07) is 0.